The lowest BCUT2D eigenvalue weighted by Crippen LogP contribution is -2.38. The van der Waals surface area contributed by atoms with Gasteiger partial charge in [-0.15, -0.1) is 0 Å². The van der Waals surface area contributed by atoms with Crippen LogP contribution in [0.3, 0.4) is 0 Å². The molecule has 2 aromatic rings. The van der Waals surface area contributed by atoms with Gasteiger partial charge in [-0.2, -0.15) is 0 Å². The minimum atomic E-state index is -2.39. The van der Waals surface area contributed by atoms with Gasteiger partial charge in [0.1, 0.15) is 0 Å². The van der Waals surface area contributed by atoms with Crippen molar-refractivity contribution in [1.82, 2.24) is 0 Å². The second-order valence-corrected chi connectivity index (χ2v) is 7.94. The van der Waals surface area contributed by atoms with E-state index >= 15 is 0 Å². The van der Waals surface area contributed by atoms with E-state index in [2.05, 4.69) is 36.9 Å². The molecule has 0 aliphatic rings. The molecule has 0 fully saturated rings. The average Bonchev–Trinajstić information content (AvgIpc) is 2.54. The van der Waals surface area contributed by atoms with Gasteiger partial charge in [-0.3, -0.25) is 0 Å². The Bertz CT molecular complexity index is 560. The van der Waals surface area contributed by atoms with Crippen LogP contribution in [0.15, 0.2) is 60.7 Å². The molecular weight excluding hydrogens is 264 g/mol. The Hall–Kier alpha value is -1.68. The zero-order chi connectivity index (χ0) is 14.4. The fraction of sp³-hybridized carbons (Fsp3) is 0.176. The van der Waals surface area contributed by atoms with Crippen molar-refractivity contribution < 1.29 is 8.85 Å². The van der Waals surface area contributed by atoms with Gasteiger partial charge in [-0.05, 0) is 17.7 Å². The lowest BCUT2D eigenvalue weighted by molar-refractivity contribution is 0.267. The van der Waals surface area contributed by atoms with Crippen LogP contribution in [-0.4, -0.2) is 22.8 Å². The van der Waals surface area contributed by atoms with Crippen molar-refractivity contribution >= 4 is 19.8 Å². The molecule has 0 bridgehead atoms. The largest absolute Gasteiger partial charge is 0.394 e. The first-order chi connectivity index (χ1) is 9.69. The third-order valence-electron chi connectivity index (χ3n) is 3.46. The molecule has 0 amide bonds. The Morgan fingerprint density at radius 3 is 1.85 bits per heavy atom. The molecular formula is C17H20O2Si. The minimum Gasteiger partial charge on any atom is -0.394 e. The highest BCUT2D eigenvalue weighted by atomic mass is 28.4. The fourth-order valence-corrected chi connectivity index (χ4v) is 3.84. The van der Waals surface area contributed by atoms with Gasteiger partial charge in [-0.1, -0.05) is 66.7 Å². The molecule has 0 heterocycles. The molecule has 0 aliphatic carbocycles. The van der Waals surface area contributed by atoms with Crippen molar-refractivity contribution in [2.24, 2.45) is 0 Å². The van der Waals surface area contributed by atoms with Crippen molar-refractivity contribution in [3.05, 3.63) is 71.8 Å². The normalized spacial score (nSPS) is 12.4. The molecule has 0 spiro atoms. The predicted octanol–water partition coefficient (Wildman–Crippen LogP) is 4.13. The van der Waals surface area contributed by atoms with E-state index in [9.17, 15) is 0 Å². The van der Waals surface area contributed by atoms with Crippen LogP contribution in [0.4, 0.5) is 0 Å². The average molecular weight is 284 g/mol. The van der Waals surface area contributed by atoms with Crippen LogP contribution in [0.2, 0.25) is 6.55 Å². The van der Waals surface area contributed by atoms with Gasteiger partial charge < -0.3 is 8.85 Å². The van der Waals surface area contributed by atoms with Crippen LogP contribution in [0.5, 0.6) is 0 Å². The standard InChI is InChI=1S/C17H20O2Si/c1-18-20(3,19-2)17(16-12-8-5-9-13-16)14-15-10-6-4-7-11-15/h4-14H,1-3H3. The summed E-state index contributed by atoms with van der Waals surface area (Å²) in [7, 11) is 1.05. The number of benzene rings is 2. The smallest absolute Gasteiger partial charge is 0.369 e. The van der Waals surface area contributed by atoms with Gasteiger partial charge in [-0.25, -0.2) is 0 Å². The van der Waals surface area contributed by atoms with Crippen molar-refractivity contribution in [2.45, 2.75) is 6.55 Å². The highest BCUT2D eigenvalue weighted by Crippen LogP contribution is 2.29. The van der Waals surface area contributed by atoms with E-state index in [4.69, 9.17) is 8.85 Å². The predicted molar refractivity (Wildman–Crippen MR) is 86.4 cm³/mol. The fourth-order valence-electron chi connectivity index (χ4n) is 2.11. The first-order valence-corrected chi connectivity index (χ1v) is 8.94. The third kappa shape index (κ3) is 3.25. The van der Waals surface area contributed by atoms with Gasteiger partial charge in [0.05, 0.1) is 0 Å². The van der Waals surface area contributed by atoms with Crippen LogP contribution in [0.1, 0.15) is 11.1 Å². The van der Waals surface area contributed by atoms with Crippen molar-refractivity contribution in [3.8, 4) is 0 Å². The summed E-state index contributed by atoms with van der Waals surface area (Å²) in [6.45, 7) is 2.06. The van der Waals surface area contributed by atoms with Crippen LogP contribution < -0.4 is 0 Å². The van der Waals surface area contributed by atoms with E-state index in [1.807, 2.05) is 36.4 Å². The molecule has 0 saturated heterocycles. The second-order valence-electron chi connectivity index (χ2n) is 4.69. The lowest BCUT2D eigenvalue weighted by Gasteiger charge is -2.26. The molecule has 0 aromatic heterocycles. The van der Waals surface area contributed by atoms with Gasteiger partial charge in [0, 0.05) is 19.4 Å². The summed E-state index contributed by atoms with van der Waals surface area (Å²) >= 11 is 0. The Kier molecular flexibility index (Phi) is 4.90. The molecule has 3 heteroatoms. The van der Waals surface area contributed by atoms with Crippen LogP contribution >= 0.6 is 0 Å². The number of rotatable bonds is 5. The third-order valence-corrected chi connectivity index (χ3v) is 6.43. The maximum atomic E-state index is 5.72. The molecule has 20 heavy (non-hydrogen) atoms. The molecule has 104 valence electrons. The Balaban J connectivity index is 2.53. The zero-order valence-electron chi connectivity index (χ0n) is 12.2. The Morgan fingerprint density at radius 2 is 1.35 bits per heavy atom. The van der Waals surface area contributed by atoms with Gasteiger partial charge in [0.2, 0.25) is 0 Å². The molecule has 0 unspecified atom stereocenters. The number of hydrogen-bond acceptors (Lipinski definition) is 2. The van der Waals surface area contributed by atoms with E-state index in [-0.39, 0.29) is 0 Å². The topological polar surface area (TPSA) is 18.5 Å². The molecule has 2 rings (SSSR count). The summed E-state index contributed by atoms with van der Waals surface area (Å²) in [5, 5.41) is 1.13. The maximum Gasteiger partial charge on any atom is 0.369 e. The van der Waals surface area contributed by atoms with E-state index in [1.54, 1.807) is 14.2 Å². The van der Waals surface area contributed by atoms with Crippen LogP contribution in [0, 0.1) is 0 Å². The van der Waals surface area contributed by atoms with Crippen molar-refractivity contribution in [1.29, 1.82) is 0 Å². The van der Waals surface area contributed by atoms with E-state index in [0.717, 1.165) is 16.3 Å². The van der Waals surface area contributed by atoms with E-state index in [1.165, 1.54) is 0 Å². The summed E-state index contributed by atoms with van der Waals surface area (Å²) in [6.07, 6.45) is 2.16. The monoisotopic (exact) mass is 284 g/mol. The maximum absolute atomic E-state index is 5.72. The van der Waals surface area contributed by atoms with Gasteiger partial charge in [0.25, 0.3) is 0 Å². The van der Waals surface area contributed by atoms with Crippen molar-refractivity contribution in [2.75, 3.05) is 14.2 Å². The SMILES string of the molecule is CO[Si](C)(OC)C(=Cc1ccccc1)c1ccccc1. The number of hydrogen-bond donors (Lipinski definition) is 0. The second kappa shape index (κ2) is 6.66. The Labute approximate surface area is 121 Å². The van der Waals surface area contributed by atoms with Crippen LogP contribution in [-0.2, 0) is 8.85 Å². The highest BCUT2D eigenvalue weighted by molar-refractivity contribution is 6.86. The minimum absolute atomic E-state index is 1.13. The first-order valence-electron chi connectivity index (χ1n) is 6.62. The summed E-state index contributed by atoms with van der Waals surface area (Å²) in [5.41, 5.74) is 2.30. The lowest BCUT2D eigenvalue weighted by atomic mass is 10.1. The molecule has 2 aromatic carbocycles. The highest BCUT2D eigenvalue weighted by Gasteiger charge is 2.35. The molecule has 0 N–H and O–H groups in total. The van der Waals surface area contributed by atoms with Crippen molar-refractivity contribution in [3.63, 3.8) is 0 Å². The van der Waals surface area contributed by atoms with E-state index in [0.29, 0.717) is 0 Å². The summed E-state index contributed by atoms with van der Waals surface area (Å²) < 4.78 is 11.4. The summed E-state index contributed by atoms with van der Waals surface area (Å²) in [6, 6.07) is 20.5. The van der Waals surface area contributed by atoms with E-state index < -0.39 is 8.56 Å². The molecule has 0 radical (unpaired) electrons. The van der Waals surface area contributed by atoms with Gasteiger partial charge >= 0.3 is 8.56 Å². The quantitative estimate of drug-likeness (QED) is 0.607. The Morgan fingerprint density at radius 1 is 0.850 bits per heavy atom. The summed E-state index contributed by atoms with van der Waals surface area (Å²) in [5.74, 6) is 0. The molecule has 2 nitrogen and oxygen atoms in total. The molecule has 0 aliphatic heterocycles. The van der Waals surface area contributed by atoms with Gasteiger partial charge in [0.15, 0.2) is 0 Å². The summed E-state index contributed by atoms with van der Waals surface area (Å²) in [4.78, 5) is 0. The zero-order valence-corrected chi connectivity index (χ0v) is 13.2. The first kappa shape index (κ1) is 14.7. The van der Waals surface area contributed by atoms with Crippen LogP contribution in [0.25, 0.3) is 11.3 Å². The molecule has 0 saturated carbocycles. The molecule has 0 atom stereocenters.